The van der Waals surface area contributed by atoms with Crippen LogP contribution in [0.5, 0.6) is 0 Å². The van der Waals surface area contributed by atoms with Gasteiger partial charge in [0.25, 0.3) is 5.56 Å². The Kier molecular flexibility index (Phi) is 3.07. The minimum Gasteiger partial charge on any atom is -0.323 e. The Balaban J connectivity index is 2.50. The van der Waals surface area contributed by atoms with E-state index in [1.54, 1.807) is 18.2 Å². The van der Waals surface area contributed by atoms with Crippen molar-refractivity contribution in [2.24, 2.45) is 0 Å². The van der Waals surface area contributed by atoms with Crippen LogP contribution < -0.4 is 5.56 Å². The van der Waals surface area contributed by atoms with E-state index in [0.717, 1.165) is 15.3 Å². The molecule has 0 aliphatic rings. The Labute approximate surface area is 123 Å². The molecule has 3 rings (SSSR count). The fourth-order valence-electron chi connectivity index (χ4n) is 2.18. The second-order valence-corrected chi connectivity index (χ2v) is 6.12. The molecule has 1 aromatic carbocycles. The summed E-state index contributed by atoms with van der Waals surface area (Å²) in [6.45, 7) is 3.84. The number of H-pyrrole nitrogens is 1. The number of hydrogen-bond acceptors (Lipinski definition) is 3. The van der Waals surface area contributed by atoms with Crippen LogP contribution in [0.25, 0.3) is 15.9 Å². The van der Waals surface area contributed by atoms with Crippen molar-refractivity contribution in [3.8, 4) is 5.69 Å². The van der Waals surface area contributed by atoms with Crippen molar-refractivity contribution in [3.63, 3.8) is 0 Å². The van der Waals surface area contributed by atoms with Crippen LogP contribution in [0, 0.1) is 24.4 Å². The van der Waals surface area contributed by atoms with Crippen molar-refractivity contribution in [2.45, 2.75) is 13.8 Å². The molecule has 6 heteroatoms. The second kappa shape index (κ2) is 4.64. The Bertz CT molecular complexity index is 936. The lowest BCUT2D eigenvalue weighted by atomic mass is 10.2. The Morgan fingerprint density at radius 1 is 1.30 bits per heavy atom. The van der Waals surface area contributed by atoms with Gasteiger partial charge in [-0.3, -0.25) is 4.79 Å². The Morgan fingerprint density at radius 2 is 2.00 bits per heavy atom. The lowest BCUT2D eigenvalue weighted by Gasteiger charge is -2.07. The number of thiophene rings is 1. The molecule has 1 N–H and O–H groups in total. The minimum atomic E-state index is -0.474. The fraction of sp³-hybridized carbons (Fsp3) is 0.143. The number of aromatic nitrogens is 2. The van der Waals surface area contributed by atoms with Gasteiger partial charge in [0.15, 0.2) is 4.77 Å². The molecule has 0 amide bonds. The van der Waals surface area contributed by atoms with E-state index in [9.17, 15) is 9.18 Å². The zero-order valence-corrected chi connectivity index (χ0v) is 12.5. The average molecular weight is 306 g/mol. The van der Waals surface area contributed by atoms with Gasteiger partial charge in [-0.2, -0.15) is 0 Å². The zero-order chi connectivity index (χ0) is 14.4. The summed E-state index contributed by atoms with van der Waals surface area (Å²) in [5.41, 5.74) is 0.797. The Hall–Kier alpha value is -1.79. The lowest BCUT2D eigenvalue weighted by Crippen LogP contribution is -2.21. The number of nitrogens with zero attached hydrogens (tertiary/aromatic N) is 1. The molecule has 0 radical (unpaired) electrons. The number of halogens is 1. The van der Waals surface area contributed by atoms with Crippen molar-refractivity contribution < 1.29 is 4.39 Å². The predicted molar refractivity (Wildman–Crippen MR) is 82.0 cm³/mol. The van der Waals surface area contributed by atoms with Gasteiger partial charge in [0, 0.05) is 4.88 Å². The normalized spacial score (nSPS) is 11.2. The first-order chi connectivity index (χ1) is 9.50. The largest absolute Gasteiger partial charge is 0.323 e. The molecule has 0 saturated carbocycles. The summed E-state index contributed by atoms with van der Waals surface area (Å²) in [6.07, 6.45) is 0. The summed E-state index contributed by atoms with van der Waals surface area (Å²) in [6, 6.07) is 6.11. The maximum absolute atomic E-state index is 13.9. The van der Waals surface area contributed by atoms with Gasteiger partial charge in [0.05, 0.1) is 11.1 Å². The van der Waals surface area contributed by atoms with Crippen LogP contribution in [0.1, 0.15) is 10.4 Å². The minimum absolute atomic E-state index is 0.170. The van der Waals surface area contributed by atoms with Crippen molar-refractivity contribution in [2.75, 3.05) is 0 Å². The highest BCUT2D eigenvalue weighted by atomic mass is 32.1. The van der Waals surface area contributed by atoms with Crippen LogP contribution in [0.4, 0.5) is 4.39 Å². The molecule has 0 spiro atoms. The Morgan fingerprint density at radius 3 is 2.70 bits per heavy atom. The van der Waals surface area contributed by atoms with E-state index in [2.05, 4.69) is 4.98 Å². The number of benzene rings is 1. The third kappa shape index (κ3) is 1.83. The van der Waals surface area contributed by atoms with Gasteiger partial charge in [-0.1, -0.05) is 12.1 Å². The highest BCUT2D eigenvalue weighted by Crippen LogP contribution is 2.26. The van der Waals surface area contributed by atoms with E-state index >= 15 is 0 Å². The maximum Gasteiger partial charge on any atom is 0.268 e. The number of hydrogen-bond donors (Lipinski definition) is 1. The fourth-order valence-corrected chi connectivity index (χ4v) is 3.58. The first-order valence-corrected chi connectivity index (χ1v) is 7.23. The van der Waals surface area contributed by atoms with Crippen molar-refractivity contribution in [1.29, 1.82) is 0 Å². The van der Waals surface area contributed by atoms with Crippen LogP contribution >= 0.6 is 23.6 Å². The summed E-state index contributed by atoms with van der Waals surface area (Å²) in [7, 11) is 0. The van der Waals surface area contributed by atoms with Gasteiger partial charge < -0.3 is 4.98 Å². The molecule has 102 valence electrons. The predicted octanol–water partition coefficient (Wildman–Crippen LogP) is 3.87. The molecule has 3 nitrogen and oxygen atoms in total. The van der Waals surface area contributed by atoms with E-state index < -0.39 is 5.82 Å². The molecule has 0 saturated heterocycles. The summed E-state index contributed by atoms with van der Waals surface area (Å²) in [5.74, 6) is -0.474. The van der Waals surface area contributed by atoms with E-state index in [1.807, 2.05) is 13.8 Å². The molecular weight excluding hydrogens is 295 g/mol. The summed E-state index contributed by atoms with van der Waals surface area (Å²) < 4.78 is 15.3. The molecule has 2 heterocycles. The van der Waals surface area contributed by atoms with Crippen LogP contribution in [-0.4, -0.2) is 9.55 Å². The molecule has 0 unspecified atom stereocenters. The van der Waals surface area contributed by atoms with Crippen LogP contribution in [0.15, 0.2) is 29.1 Å². The van der Waals surface area contributed by atoms with E-state index in [4.69, 9.17) is 12.2 Å². The topological polar surface area (TPSA) is 37.8 Å². The number of fused-ring (bicyclic) bond motifs is 1. The summed E-state index contributed by atoms with van der Waals surface area (Å²) in [5, 5.41) is 0.573. The third-order valence-electron chi connectivity index (χ3n) is 3.32. The van der Waals surface area contributed by atoms with Gasteiger partial charge in [0.2, 0.25) is 0 Å². The zero-order valence-electron chi connectivity index (χ0n) is 10.9. The van der Waals surface area contributed by atoms with Gasteiger partial charge in [-0.05, 0) is 43.8 Å². The van der Waals surface area contributed by atoms with Gasteiger partial charge in [0.1, 0.15) is 10.6 Å². The summed E-state index contributed by atoms with van der Waals surface area (Å²) in [4.78, 5) is 17.5. The van der Waals surface area contributed by atoms with E-state index in [0.29, 0.717) is 5.39 Å². The van der Waals surface area contributed by atoms with Gasteiger partial charge in [-0.15, -0.1) is 11.3 Å². The molecule has 3 aromatic rings. The molecule has 0 aliphatic heterocycles. The number of para-hydroxylation sites is 1. The van der Waals surface area contributed by atoms with E-state index in [1.165, 1.54) is 22.0 Å². The van der Waals surface area contributed by atoms with Gasteiger partial charge in [-0.25, -0.2) is 8.96 Å². The molecule has 0 fully saturated rings. The molecule has 0 bridgehead atoms. The molecule has 0 atom stereocenters. The highest BCUT2D eigenvalue weighted by Gasteiger charge is 2.15. The van der Waals surface area contributed by atoms with Crippen LogP contribution in [-0.2, 0) is 0 Å². The summed E-state index contributed by atoms with van der Waals surface area (Å²) >= 11 is 6.69. The van der Waals surface area contributed by atoms with Crippen LogP contribution in [0.2, 0.25) is 0 Å². The maximum atomic E-state index is 13.9. The highest BCUT2D eigenvalue weighted by molar-refractivity contribution is 7.71. The number of nitrogens with one attached hydrogen (secondary N) is 1. The average Bonchev–Trinajstić information content (AvgIpc) is 2.67. The molecule has 0 aliphatic carbocycles. The smallest absolute Gasteiger partial charge is 0.268 e. The second-order valence-electron chi connectivity index (χ2n) is 4.51. The van der Waals surface area contributed by atoms with Crippen molar-refractivity contribution in [1.82, 2.24) is 9.55 Å². The SMILES string of the molecule is Cc1sc2[nH]c(=S)n(-c3ccccc3F)c(=O)c2c1C. The first kappa shape index (κ1) is 13.2. The number of rotatable bonds is 1. The van der Waals surface area contributed by atoms with Crippen molar-refractivity contribution in [3.05, 3.63) is 55.6 Å². The molecule has 20 heavy (non-hydrogen) atoms. The first-order valence-electron chi connectivity index (χ1n) is 6.00. The number of aryl methyl sites for hydroxylation is 2. The molecule has 2 aromatic heterocycles. The quantitative estimate of drug-likeness (QED) is 0.693. The monoisotopic (exact) mass is 306 g/mol. The van der Waals surface area contributed by atoms with E-state index in [-0.39, 0.29) is 16.0 Å². The van der Waals surface area contributed by atoms with Crippen LogP contribution in [0.3, 0.4) is 0 Å². The lowest BCUT2D eigenvalue weighted by molar-refractivity contribution is 0.615. The van der Waals surface area contributed by atoms with Gasteiger partial charge >= 0.3 is 0 Å². The molecular formula is C14H11FN2OS2. The standard InChI is InChI=1S/C14H11FN2OS2/c1-7-8(2)20-12-11(7)13(18)17(14(19)16-12)10-6-4-3-5-9(10)15/h3-6H,1-2H3,(H,16,19). The number of aromatic amines is 1. The van der Waals surface area contributed by atoms with Crippen molar-refractivity contribution >= 4 is 33.8 Å². The third-order valence-corrected chi connectivity index (χ3v) is 4.73.